The Kier molecular flexibility index (Phi) is 3.48. The van der Waals surface area contributed by atoms with Gasteiger partial charge in [-0.05, 0) is 25.8 Å². The van der Waals surface area contributed by atoms with Gasteiger partial charge in [0.2, 0.25) is 0 Å². The summed E-state index contributed by atoms with van der Waals surface area (Å²) in [7, 11) is 0. The maximum absolute atomic E-state index is 9.75. The Hall–Kier alpha value is -1.08. The Morgan fingerprint density at radius 1 is 1.29 bits per heavy atom. The predicted octanol–water partition coefficient (Wildman–Crippen LogP) is 3.17. The normalized spacial score (nSPS) is 15.7. The topological polar surface area (TPSA) is 20.2 Å². The zero-order chi connectivity index (χ0) is 10.6. The van der Waals surface area contributed by atoms with Crippen LogP contribution in [0.2, 0.25) is 0 Å². The van der Waals surface area contributed by atoms with Gasteiger partial charge in [-0.1, -0.05) is 48.9 Å². The van der Waals surface area contributed by atoms with Crippen LogP contribution in [-0.2, 0) is 0 Å². The molecular weight excluding hydrogens is 172 g/mol. The minimum Gasteiger partial charge on any atom is -0.386 e. The summed E-state index contributed by atoms with van der Waals surface area (Å²) in [5.74, 6) is 0. The van der Waals surface area contributed by atoms with Crippen LogP contribution in [0.3, 0.4) is 0 Å². The molecule has 0 unspecified atom stereocenters. The molecule has 0 aliphatic carbocycles. The number of aliphatic hydroxyl groups is 1. The Labute approximate surface area is 86.1 Å². The molecule has 0 spiro atoms. The molecule has 0 bridgehead atoms. The lowest BCUT2D eigenvalue weighted by Gasteiger charge is -2.15. The lowest BCUT2D eigenvalue weighted by molar-refractivity contribution is 0.108. The Morgan fingerprint density at radius 3 is 2.36 bits per heavy atom. The number of rotatable bonds is 3. The average Bonchev–Trinajstić information content (AvgIpc) is 2.17. The van der Waals surface area contributed by atoms with Crippen molar-refractivity contribution in [1.82, 2.24) is 0 Å². The highest BCUT2D eigenvalue weighted by Gasteiger charge is 2.11. The van der Waals surface area contributed by atoms with Gasteiger partial charge < -0.3 is 5.11 Å². The van der Waals surface area contributed by atoms with Crippen LogP contribution >= 0.6 is 0 Å². The van der Waals surface area contributed by atoms with Gasteiger partial charge in [0.25, 0.3) is 0 Å². The van der Waals surface area contributed by atoms with Gasteiger partial charge in [0.05, 0.1) is 5.60 Å². The van der Waals surface area contributed by atoms with Crippen molar-refractivity contribution in [2.45, 2.75) is 32.8 Å². The SMILES string of the molecule is CC[C@@](C)(O)/C=C/c1ccc(C)cc1. The van der Waals surface area contributed by atoms with Crippen molar-refractivity contribution < 1.29 is 5.11 Å². The summed E-state index contributed by atoms with van der Waals surface area (Å²) in [5, 5.41) is 9.75. The van der Waals surface area contributed by atoms with Crippen molar-refractivity contribution in [2.75, 3.05) is 0 Å². The molecule has 0 heterocycles. The third-order valence-corrected chi connectivity index (χ3v) is 2.43. The lowest BCUT2D eigenvalue weighted by atomic mass is 10.0. The molecule has 0 saturated carbocycles. The van der Waals surface area contributed by atoms with E-state index in [1.54, 1.807) is 0 Å². The van der Waals surface area contributed by atoms with E-state index in [0.29, 0.717) is 0 Å². The number of hydrogen-bond donors (Lipinski definition) is 1. The summed E-state index contributed by atoms with van der Waals surface area (Å²) < 4.78 is 0. The van der Waals surface area contributed by atoms with Crippen LogP contribution < -0.4 is 0 Å². The third-order valence-electron chi connectivity index (χ3n) is 2.43. The molecule has 1 N–H and O–H groups in total. The molecular formula is C13H18O. The van der Waals surface area contributed by atoms with Crippen LogP contribution in [0.1, 0.15) is 31.4 Å². The molecule has 1 aromatic carbocycles. The highest BCUT2D eigenvalue weighted by molar-refractivity contribution is 5.50. The van der Waals surface area contributed by atoms with E-state index in [4.69, 9.17) is 0 Å². The van der Waals surface area contributed by atoms with Crippen LogP contribution in [0.4, 0.5) is 0 Å². The summed E-state index contributed by atoms with van der Waals surface area (Å²) >= 11 is 0. The molecule has 76 valence electrons. The minimum atomic E-state index is -0.690. The minimum absolute atomic E-state index is 0.690. The monoisotopic (exact) mass is 190 g/mol. The fourth-order valence-corrected chi connectivity index (χ4v) is 1.07. The molecule has 0 aliphatic rings. The highest BCUT2D eigenvalue weighted by Crippen LogP contribution is 2.13. The third kappa shape index (κ3) is 3.35. The highest BCUT2D eigenvalue weighted by atomic mass is 16.3. The molecule has 14 heavy (non-hydrogen) atoms. The van der Waals surface area contributed by atoms with E-state index in [1.165, 1.54) is 5.56 Å². The van der Waals surface area contributed by atoms with Gasteiger partial charge in [0.15, 0.2) is 0 Å². The van der Waals surface area contributed by atoms with E-state index >= 15 is 0 Å². The number of benzene rings is 1. The van der Waals surface area contributed by atoms with Crippen LogP contribution in [0, 0.1) is 6.92 Å². The molecule has 0 amide bonds. The standard InChI is InChI=1S/C13H18O/c1-4-13(3,14)10-9-12-7-5-11(2)6-8-12/h5-10,14H,4H2,1-3H3/b10-9+/t13-/m1/s1. The first kappa shape index (κ1) is 11.0. The van der Waals surface area contributed by atoms with Crippen molar-refractivity contribution in [2.24, 2.45) is 0 Å². The fourth-order valence-electron chi connectivity index (χ4n) is 1.07. The molecule has 1 rings (SSSR count). The molecule has 0 saturated heterocycles. The molecule has 0 aromatic heterocycles. The largest absolute Gasteiger partial charge is 0.386 e. The van der Waals surface area contributed by atoms with Crippen LogP contribution in [0.5, 0.6) is 0 Å². The van der Waals surface area contributed by atoms with Gasteiger partial charge in [0, 0.05) is 0 Å². The lowest BCUT2D eigenvalue weighted by Crippen LogP contribution is -2.18. The first-order valence-corrected chi connectivity index (χ1v) is 5.02. The van der Waals surface area contributed by atoms with Gasteiger partial charge in [-0.15, -0.1) is 0 Å². The summed E-state index contributed by atoms with van der Waals surface area (Å²) in [5.41, 5.74) is 1.69. The van der Waals surface area contributed by atoms with Crippen molar-refractivity contribution in [3.05, 3.63) is 41.5 Å². The maximum atomic E-state index is 9.75. The smallest absolute Gasteiger partial charge is 0.0800 e. The van der Waals surface area contributed by atoms with Gasteiger partial charge in [-0.2, -0.15) is 0 Å². The summed E-state index contributed by atoms with van der Waals surface area (Å²) in [6, 6.07) is 8.25. The molecule has 0 radical (unpaired) electrons. The second-order valence-corrected chi connectivity index (χ2v) is 3.95. The van der Waals surface area contributed by atoms with Crippen LogP contribution in [0.25, 0.3) is 6.08 Å². The van der Waals surface area contributed by atoms with Gasteiger partial charge >= 0.3 is 0 Å². The Balaban J connectivity index is 2.74. The first-order chi connectivity index (χ1) is 6.53. The van der Waals surface area contributed by atoms with Crippen LogP contribution in [-0.4, -0.2) is 10.7 Å². The second kappa shape index (κ2) is 4.43. The van der Waals surface area contributed by atoms with Crippen molar-refractivity contribution in [1.29, 1.82) is 0 Å². The fraction of sp³-hybridized carbons (Fsp3) is 0.385. The van der Waals surface area contributed by atoms with Gasteiger partial charge in [0.1, 0.15) is 0 Å². The number of aryl methyl sites for hydroxylation is 1. The Morgan fingerprint density at radius 2 is 1.86 bits per heavy atom. The molecule has 0 fully saturated rings. The first-order valence-electron chi connectivity index (χ1n) is 5.02. The van der Waals surface area contributed by atoms with Gasteiger partial charge in [-0.25, -0.2) is 0 Å². The molecule has 1 nitrogen and oxygen atoms in total. The zero-order valence-corrected chi connectivity index (χ0v) is 9.12. The quantitative estimate of drug-likeness (QED) is 0.776. The molecule has 0 aliphatic heterocycles. The molecule has 1 atom stereocenters. The molecule has 1 heteroatoms. The summed E-state index contributed by atoms with van der Waals surface area (Å²) in [4.78, 5) is 0. The molecule has 1 aromatic rings. The van der Waals surface area contributed by atoms with E-state index in [1.807, 2.05) is 26.0 Å². The zero-order valence-electron chi connectivity index (χ0n) is 9.12. The second-order valence-electron chi connectivity index (χ2n) is 3.95. The Bertz CT molecular complexity index is 307. The van der Waals surface area contributed by atoms with Crippen molar-refractivity contribution in [3.8, 4) is 0 Å². The maximum Gasteiger partial charge on any atom is 0.0800 e. The summed E-state index contributed by atoms with van der Waals surface area (Å²) in [6.07, 6.45) is 4.54. The van der Waals surface area contributed by atoms with E-state index in [9.17, 15) is 5.11 Å². The van der Waals surface area contributed by atoms with E-state index in [2.05, 4.69) is 31.2 Å². The average molecular weight is 190 g/mol. The van der Waals surface area contributed by atoms with E-state index in [-0.39, 0.29) is 0 Å². The van der Waals surface area contributed by atoms with Crippen LogP contribution in [0.15, 0.2) is 30.3 Å². The van der Waals surface area contributed by atoms with Crippen molar-refractivity contribution in [3.63, 3.8) is 0 Å². The number of hydrogen-bond acceptors (Lipinski definition) is 1. The van der Waals surface area contributed by atoms with E-state index in [0.717, 1.165) is 12.0 Å². The van der Waals surface area contributed by atoms with E-state index < -0.39 is 5.60 Å². The van der Waals surface area contributed by atoms with Crippen molar-refractivity contribution >= 4 is 6.08 Å². The van der Waals surface area contributed by atoms with Gasteiger partial charge in [-0.3, -0.25) is 0 Å². The summed E-state index contributed by atoms with van der Waals surface area (Å²) in [6.45, 7) is 5.85. The predicted molar refractivity (Wildman–Crippen MR) is 61.1 cm³/mol.